The van der Waals surface area contributed by atoms with Gasteiger partial charge in [0.1, 0.15) is 4.83 Å². The Morgan fingerprint density at radius 2 is 1.93 bits per heavy atom. The van der Waals surface area contributed by atoms with Gasteiger partial charge in [0.25, 0.3) is 5.56 Å². The molecular formula is C25H24N2OS2. The summed E-state index contributed by atoms with van der Waals surface area (Å²) in [5.74, 6) is 0.779. The van der Waals surface area contributed by atoms with Crippen molar-refractivity contribution in [1.29, 1.82) is 0 Å². The van der Waals surface area contributed by atoms with E-state index in [1.807, 2.05) is 4.57 Å². The fourth-order valence-electron chi connectivity index (χ4n) is 4.36. The fourth-order valence-corrected chi connectivity index (χ4v) is 6.67. The smallest absolute Gasteiger partial charge is 0.263 e. The van der Waals surface area contributed by atoms with Crippen molar-refractivity contribution in [2.75, 3.05) is 0 Å². The Bertz CT molecular complexity index is 1300. The van der Waals surface area contributed by atoms with Crippen LogP contribution in [-0.2, 0) is 25.1 Å². The van der Waals surface area contributed by atoms with Crippen LogP contribution in [0.3, 0.4) is 0 Å². The summed E-state index contributed by atoms with van der Waals surface area (Å²) in [6.45, 7) is 4.36. The molecule has 2 heterocycles. The van der Waals surface area contributed by atoms with Crippen LogP contribution >= 0.6 is 23.1 Å². The summed E-state index contributed by atoms with van der Waals surface area (Å²) >= 11 is 3.37. The maximum atomic E-state index is 13.5. The number of thioether (sulfide) groups is 1. The molecule has 1 aliphatic carbocycles. The number of fused-ring (bicyclic) bond motifs is 4. The molecule has 0 atom stereocenters. The molecule has 1 aliphatic rings. The molecule has 30 heavy (non-hydrogen) atoms. The predicted molar refractivity (Wildman–Crippen MR) is 129 cm³/mol. The van der Waals surface area contributed by atoms with Gasteiger partial charge in [0.15, 0.2) is 5.16 Å². The van der Waals surface area contributed by atoms with Gasteiger partial charge >= 0.3 is 0 Å². The van der Waals surface area contributed by atoms with E-state index in [0.29, 0.717) is 6.54 Å². The fraction of sp³-hybridized carbons (Fsp3) is 0.280. The van der Waals surface area contributed by atoms with Gasteiger partial charge in [0, 0.05) is 17.2 Å². The molecule has 5 rings (SSSR count). The van der Waals surface area contributed by atoms with Crippen LogP contribution in [0.1, 0.15) is 35.3 Å². The summed E-state index contributed by atoms with van der Waals surface area (Å²) in [6.07, 6.45) is 7.50. The van der Waals surface area contributed by atoms with Gasteiger partial charge in [-0.25, -0.2) is 4.98 Å². The molecule has 0 saturated carbocycles. The Kier molecular flexibility index (Phi) is 5.48. The lowest BCUT2D eigenvalue weighted by Crippen LogP contribution is -2.23. The van der Waals surface area contributed by atoms with E-state index in [4.69, 9.17) is 4.98 Å². The zero-order valence-electron chi connectivity index (χ0n) is 16.9. The van der Waals surface area contributed by atoms with Crippen LogP contribution in [0.4, 0.5) is 0 Å². The highest BCUT2D eigenvalue weighted by molar-refractivity contribution is 7.98. The Morgan fingerprint density at radius 3 is 2.83 bits per heavy atom. The van der Waals surface area contributed by atoms with Crippen molar-refractivity contribution in [2.24, 2.45) is 0 Å². The van der Waals surface area contributed by atoms with Crippen LogP contribution in [0.15, 0.2) is 65.1 Å². The van der Waals surface area contributed by atoms with E-state index in [0.717, 1.165) is 40.4 Å². The Morgan fingerprint density at radius 1 is 1.10 bits per heavy atom. The number of rotatable bonds is 5. The van der Waals surface area contributed by atoms with E-state index in [-0.39, 0.29) is 5.56 Å². The molecule has 2 aromatic heterocycles. The minimum atomic E-state index is 0.0970. The number of hydrogen-bond donors (Lipinski definition) is 0. The molecule has 0 spiro atoms. The lowest BCUT2D eigenvalue weighted by molar-refractivity contribution is 0.671. The molecule has 0 fully saturated rings. The third-order valence-corrected chi connectivity index (χ3v) is 8.05. The van der Waals surface area contributed by atoms with Gasteiger partial charge in [-0.3, -0.25) is 9.36 Å². The van der Waals surface area contributed by atoms with Crippen molar-refractivity contribution < 1.29 is 0 Å². The Balaban J connectivity index is 1.57. The van der Waals surface area contributed by atoms with Gasteiger partial charge in [-0.1, -0.05) is 66.7 Å². The van der Waals surface area contributed by atoms with Crippen molar-refractivity contribution >= 4 is 44.1 Å². The Hall–Kier alpha value is -2.37. The standard InChI is InChI=1S/C25H24N2OS2/c1-2-15-27-24(28)22-20-13-4-3-5-14-21(20)30-23(22)26-25(27)29-16-18-11-8-10-17-9-6-7-12-19(17)18/h2,6-12H,1,3-5,13-16H2. The molecule has 0 saturated heterocycles. The quantitative estimate of drug-likeness (QED) is 0.159. The number of allylic oxidation sites excluding steroid dienone is 1. The molecule has 0 aliphatic heterocycles. The first-order chi connectivity index (χ1) is 14.8. The molecule has 3 nitrogen and oxygen atoms in total. The largest absolute Gasteiger partial charge is 0.283 e. The van der Waals surface area contributed by atoms with Crippen molar-refractivity contribution in [2.45, 2.75) is 49.6 Å². The minimum absolute atomic E-state index is 0.0970. The molecule has 0 unspecified atom stereocenters. The van der Waals surface area contributed by atoms with Crippen LogP contribution in [0.25, 0.3) is 21.0 Å². The van der Waals surface area contributed by atoms with Crippen LogP contribution < -0.4 is 5.56 Å². The second-order valence-electron chi connectivity index (χ2n) is 7.77. The minimum Gasteiger partial charge on any atom is -0.283 e. The highest BCUT2D eigenvalue weighted by Crippen LogP contribution is 2.35. The van der Waals surface area contributed by atoms with E-state index in [2.05, 4.69) is 49.0 Å². The van der Waals surface area contributed by atoms with Crippen LogP contribution in [0.2, 0.25) is 0 Å². The summed E-state index contributed by atoms with van der Waals surface area (Å²) in [4.78, 5) is 20.7. The number of nitrogens with zero attached hydrogens (tertiary/aromatic N) is 2. The van der Waals surface area contributed by atoms with E-state index in [9.17, 15) is 4.79 Å². The first kappa shape index (κ1) is 19.6. The summed E-state index contributed by atoms with van der Waals surface area (Å²) < 4.78 is 1.81. The predicted octanol–water partition coefficient (Wildman–Crippen LogP) is 6.36. The van der Waals surface area contributed by atoms with Crippen LogP contribution in [-0.4, -0.2) is 9.55 Å². The monoisotopic (exact) mass is 432 g/mol. The average molecular weight is 433 g/mol. The third-order valence-electron chi connectivity index (χ3n) is 5.84. The first-order valence-corrected chi connectivity index (χ1v) is 12.3. The second-order valence-corrected chi connectivity index (χ2v) is 9.80. The number of aryl methyl sites for hydroxylation is 2. The average Bonchev–Trinajstić information content (AvgIpc) is 2.95. The topological polar surface area (TPSA) is 34.9 Å². The highest BCUT2D eigenvalue weighted by atomic mass is 32.2. The maximum absolute atomic E-state index is 13.5. The molecule has 0 amide bonds. The molecule has 2 aromatic carbocycles. The van der Waals surface area contributed by atoms with Crippen LogP contribution in [0.5, 0.6) is 0 Å². The number of benzene rings is 2. The van der Waals surface area contributed by atoms with Gasteiger partial charge < -0.3 is 0 Å². The Labute approximate surface area is 184 Å². The number of hydrogen-bond acceptors (Lipinski definition) is 4. The van der Waals surface area contributed by atoms with Crippen molar-refractivity contribution in [3.05, 3.63) is 81.5 Å². The summed E-state index contributed by atoms with van der Waals surface area (Å²) in [6, 6.07) is 14.8. The van der Waals surface area contributed by atoms with Crippen molar-refractivity contribution in [3.8, 4) is 0 Å². The SMILES string of the molecule is C=CCn1c(SCc2cccc3ccccc23)nc2sc3c(c2c1=O)CCCCC3. The zero-order valence-corrected chi connectivity index (χ0v) is 18.5. The summed E-state index contributed by atoms with van der Waals surface area (Å²) in [5.41, 5.74) is 2.62. The molecule has 0 N–H and O–H groups in total. The van der Waals surface area contributed by atoms with E-state index in [1.165, 1.54) is 39.6 Å². The zero-order chi connectivity index (χ0) is 20.5. The normalized spacial score (nSPS) is 14.0. The van der Waals surface area contributed by atoms with Gasteiger partial charge in [-0.15, -0.1) is 17.9 Å². The highest BCUT2D eigenvalue weighted by Gasteiger charge is 2.21. The molecular weight excluding hydrogens is 408 g/mol. The van der Waals surface area contributed by atoms with Gasteiger partial charge in [-0.05, 0) is 47.6 Å². The molecule has 152 valence electrons. The van der Waals surface area contributed by atoms with Gasteiger partial charge in [0.05, 0.1) is 5.39 Å². The molecule has 0 radical (unpaired) electrons. The third kappa shape index (κ3) is 3.50. The lowest BCUT2D eigenvalue weighted by Gasteiger charge is -2.12. The van der Waals surface area contributed by atoms with E-state index < -0.39 is 0 Å². The molecule has 5 heteroatoms. The number of thiophene rings is 1. The first-order valence-electron chi connectivity index (χ1n) is 10.5. The van der Waals surface area contributed by atoms with Gasteiger partial charge in [0.2, 0.25) is 0 Å². The number of aromatic nitrogens is 2. The molecule has 0 bridgehead atoms. The second kappa shape index (κ2) is 8.40. The summed E-state index contributed by atoms with van der Waals surface area (Å²) in [5, 5.41) is 4.14. The lowest BCUT2D eigenvalue weighted by atomic mass is 10.1. The van der Waals surface area contributed by atoms with Crippen molar-refractivity contribution in [1.82, 2.24) is 9.55 Å². The van der Waals surface area contributed by atoms with Crippen LogP contribution in [0, 0.1) is 0 Å². The van der Waals surface area contributed by atoms with E-state index >= 15 is 0 Å². The summed E-state index contributed by atoms with van der Waals surface area (Å²) in [7, 11) is 0. The van der Waals surface area contributed by atoms with E-state index in [1.54, 1.807) is 29.2 Å². The van der Waals surface area contributed by atoms with Gasteiger partial charge in [-0.2, -0.15) is 0 Å². The molecule has 4 aromatic rings. The maximum Gasteiger partial charge on any atom is 0.263 e. The van der Waals surface area contributed by atoms with Crippen molar-refractivity contribution in [3.63, 3.8) is 0 Å².